The number of aromatic nitrogens is 2. The molecular formula is C51H36N2S. The molecule has 0 N–H and O–H groups in total. The fourth-order valence-corrected chi connectivity index (χ4v) is 10.2. The normalized spacial score (nSPS) is 13.4. The minimum absolute atomic E-state index is 0.178. The van der Waals surface area contributed by atoms with Gasteiger partial charge < -0.3 is 9.13 Å². The quantitative estimate of drug-likeness (QED) is 0.177. The van der Waals surface area contributed by atoms with Gasteiger partial charge in [-0.05, 0) is 118 Å². The van der Waals surface area contributed by atoms with E-state index < -0.39 is 0 Å². The number of hydrogen-bond acceptors (Lipinski definition) is 1. The van der Waals surface area contributed by atoms with E-state index in [0.717, 1.165) is 0 Å². The van der Waals surface area contributed by atoms with E-state index in [1.165, 1.54) is 98.2 Å². The lowest BCUT2D eigenvalue weighted by Crippen LogP contribution is -2.23. The monoisotopic (exact) mass is 708 g/mol. The fourth-order valence-electron chi connectivity index (χ4n) is 8.85. The molecule has 0 atom stereocenters. The zero-order chi connectivity index (χ0) is 36.0. The van der Waals surface area contributed by atoms with E-state index in [4.69, 9.17) is 0 Å². The van der Waals surface area contributed by atoms with Gasteiger partial charge in [-0.15, -0.1) is 0 Å². The van der Waals surface area contributed by atoms with Gasteiger partial charge in [0.15, 0.2) is 0 Å². The maximum atomic E-state index is 2.44. The van der Waals surface area contributed by atoms with Crippen molar-refractivity contribution in [2.24, 2.45) is 0 Å². The molecule has 3 heterocycles. The van der Waals surface area contributed by atoms with E-state index in [2.05, 4.69) is 205 Å². The van der Waals surface area contributed by atoms with Crippen LogP contribution in [0.25, 0.3) is 77.2 Å². The number of hydrogen-bond donors (Lipinski definition) is 0. The van der Waals surface area contributed by atoms with Gasteiger partial charge in [-0.25, -0.2) is 0 Å². The molecule has 11 rings (SSSR count). The molecule has 0 spiro atoms. The summed E-state index contributed by atoms with van der Waals surface area (Å²) in [6, 6.07) is 67.0. The van der Waals surface area contributed by atoms with Gasteiger partial charge >= 0.3 is 0 Å². The summed E-state index contributed by atoms with van der Waals surface area (Å²) < 4.78 is 4.77. The Balaban J connectivity index is 0.997. The molecule has 0 saturated heterocycles. The van der Waals surface area contributed by atoms with E-state index in [1.54, 1.807) is 0 Å². The van der Waals surface area contributed by atoms with E-state index >= 15 is 0 Å². The standard InChI is InChI=1S/C51H36N2S/c1-51(2)43-31-35(33-21-25-47-41(29-33)39-17-9-11-19-45(39)52(47)37-13-5-3-6-14-37)23-27-49(43)54-50-28-24-36(32-44(50)51)34-22-26-48-42(30-34)40-18-10-12-20-46(40)53(48)38-15-7-4-8-16-38/h3-32H,1-2H3. The summed E-state index contributed by atoms with van der Waals surface area (Å²) in [5, 5.41) is 5.10. The first-order valence-corrected chi connectivity index (χ1v) is 19.5. The predicted octanol–water partition coefficient (Wildman–Crippen LogP) is 14.0. The van der Waals surface area contributed by atoms with Crippen molar-refractivity contribution in [1.29, 1.82) is 0 Å². The molecule has 0 radical (unpaired) electrons. The summed E-state index contributed by atoms with van der Waals surface area (Å²) in [6.45, 7) is 4.79. The molecule has 0 amide bonds. The topological polar surface area (TPSA) is 9.86 Å². The third kappa shape index (κ3) is 4.68. The molecule has 8 aromatic carbocycles. The van der Waals surface area contributed by atoms with Crippen LogP contribution in [0.15, 0.2) is 192 Å². The Kier molecular flexibility index (Phi) is 6.87. The average Bonchev–Trinajstić information content (AvgIpc) is 3.74. The SMILES string of the molecule is CC1(C)c2cc(-c3ccc4c(c3)c3ccccc3n4-c3ccccc3)ccc2Sc2ccc(-c3ccc4c(c3)c3ccccc3n4-c3ccccc3)cc21. The zero-order valence-corrected chi connectivity index (χ0v) is 30.9. The Morgan fingerprint density at radius 3 is 1.19 bits per heavy atom. The molecular weight excluding hydrogens is 673 g/mol. The summed E-state index contributed by atoms with van der Waals surface area (Å²) >= 11 is 1.90. The van der Waals surface area contributed by atoms with Crippen LogP contribution in [-0.2, 0) is 5.41 Å². The van der Waals surface area contributed by atoms with E-state index in [-0.39, 0.29) is 5.41 Å². The molecule has 2 aromatic heterocycles. The zero-order valence-electron chi connectivity index (χ0n) is 30.1. The first kappa shape index (κ1) is 31.3. The van der Waals surface area contributed by atoms with Crippen LogP contribution >= 0.6 is 11.8 Å². The van der Waals surface area contributed by atoms with Crippen molar-refractivity contribution in [3.63, 3.8) is 0 Å². The van der Waals surface area contributed by atoms with E-state index in [1.807, 2.05) is 11.8 Å². The van der Waals surface area contributed by atoms with Crippen molar-refractivity contribution < 1.29 is 0 Å². The first-order valence-electron chi connectivity index (χ1n) is 18.7. The number of nitrogens with zero attached hydrogens (tertiary/aromatic N) is 2. The Hall–Kier alpha value is -6.29. The lowest BCUT2D eigenvalue weighted by atomic mass is 9.76. The lowest BCUT2D eigenvalue weighted by molar-refractivity contribution is 0.608. The van der Waals surface area contributed by atoms with Gasteiger partial charge in [-0.3, -0.25) is 0 Å². The van der Waals surface area contributed by atoms with E-state index in [0.29, 0.717) is 0 Å². The highest BCUT2D eigenvalue weighted by Gasteiger charge is 2.34. The minimum Gasteiger partial charge on any atom is -0.309 e. The Morgan fingerprint density at radius 1 is 0.352 bits per heavy atom. The van der Waals surface area contributed by atoms with Crippen LogP contribution in [0.2, 0.25) is 0 Å². The average molecular weight is 709 g/mol. The lowest BCUT2D eigenvalue weighted by Gasteiger charge is -2.35. The number of para-hydroxylation sites is 4. The van der Waals surface area contributed by atoms with Crippen LogP contribution in [0.4, 0.5) is 0 Å². The minimum atomic E-state index is -0.178. The molecule has 2 nitrogen and oxygen atoms in total. The van der Waals surface area contributed by atoms with Crippen LogP contribution in [0, 0.1) is 0 Å². The van der Waals surface area contributed by atoms with Crippen LogP contribution < -0.4 is 0 Å². The predicted molar refractivity (Wildman–Crippen MR) is 229 cm³/mol. The van der Waals surface area contributed by atoms with Gasteiger partial charge in [0.05, 0.1) is 22.1 Å². The van der Waals surface area contributed by atoms with Crippen molar-refractivity contribution in [1.82, 2.24) is 9.13 Å². The first-order chi connectivity index (χ1) is 26.5. The maximum absolute atomic E-state index is 2.44. The Labute approximate surface area is 318 Å². The fraction of sp³-hybridized carbons (Fsp3) is 0.0588. The number of rotatable bonds is 4. The third-order valence-corrected chi connectivity index (χ3v) is 12.7. The van der Waals surface area contributed by atoms with E-state index in [9.17, 15) is 0 Å². The van der Waals surface area contributed by atoms with Crippen molar-refractivity contribution in [3.05, 3.63) is 193 Å². The highest BCUT2D eigenvalue weighted by atomic mass is 32.2. The largest absolute Gasteiger partial charge is 0.309 e. The molecule has 0 fully saturated rings. The summed E-state index contributed by atoms with van der Waals surface area (Å²) in [6.07, 6.45) is 0. The van der Waals surface area contributed by atoms with Gasteiger partial charge in [-0.2, -0.15) is 0 Å². The van der Waals surface area contributed by atoms with Gasteiger partial charge in [0.2, 0.25) is 0 Å². The Morgan fingerprint density at radius 2 is 0.722 bits per heavy atom. The molecule has 0 unspecified atom stereocenters. The Bertz CT molecular complexity index is 2880. The van der Waals surface area contributed by atoms with Gasteiger partial charge in [0, 0.05) is 48.1 Å². The summed E-state index contributed by atoms with van der Waals surface area (Å²) in [7, 11) is 0. The van der Waals surface area contributed by atoms with Crippen molar-refractivity contribution in [2.75, 3.05) is 0 Å². The summed E-state index contributed by atoms with van der Waals surface area (Å²) in [4.78, 5) is 2.67. The molecule has 256 valence electrons. The molecule has 54 heavy (non-hydrogen) atoms. The molecule has 10 aromatic rings. The number of fused-ring (bicyclic) bond motifs is 8. The second-order valence-electron chi connectivity index (χ2n) is 15.0. The van der Waals surface area contributed by atoms with Crippen LogP contribution in [0.5, 0.6) is 0 Å². The van der Waals surface area contributed by atoms with Crippen molar-refractivity contribution in [3.8, 4) is 33.6 Å². The second kappa shape index (κ2) is 11.9. The van der Waals surface area contributed by atoms with Gasteiger partial charge in [-0.1, -0.05) is 123 Å². The molecule has 0 aliphatic carbocycles. The molecule has 0 saturated carbocycles. The third-order valence-electron chi connectivity index (χ3n) is 11.6. The van der Waals surface area contributed by atoms with Crippen molar-refractivity contribution >= 4 is 55.4 Å². The molecule has 1 aliphatic rings. The van der Waals surface area contributed by atoms with Crippen LogP contribution in [0.3, 0.4) is 0 Å². The summed E-state index contributed by atoms with van der Waals surface area (Å²) in [5.74, 6) is 0. The van der Waals surface area contributed by atoms with Crippen LogP contribution in [-0.4, -0.2) is 9.13 Å². The highest BCUT2D eigenvalue weighted by Crippen LogP contribution is 2.51. The highest BCUT2D eigenvalue weighted by molar-refractivity contribution is 7.99. The maximum Gasteiger partial charge on any atom is 0.0541 e. The number of benzene rings is 8. The van der Waals surface area contributed by atoms with Crippen molar-refractivity contribution in [2.45, 2.75) is 29.1 Å². The molecule has 1 aliphatic heterocycles. The summed E-state index contributed by atoms with van der Waals surface area (Å²) in [5.41, 5.74) is 14.8. The molecule has 3 heteroatoms. The second-order valence-corrected chi connectivity index (χ2v) is 16.1. The molecule has 0 bridgehead atoms. The van der Waals surface area contributed by atoms with Gasteiger partial charge in [0.25, 0.3) is 0 Å². The smallest absolute Gasteiger partial charge is 0.0541 e. The van der Waals surface area contributed by atoms with Gasteiger partial charge in [0.1, 0.15) is 0 Å². The van der Waals surface area contributed by atoms with Crippen LogP contribution in [0.1, 0.15) is 25.0 Å².